The average molecular weight is 400 g/mol. The van der Waals surface area contributed by atoms with E-state index in [9.17, 15) is 14.0 Å². The van der Waals surface area contributed by atoms with Crippen molar-refractivity contribution in [3.8, 4) is 0 Å². The molecule has 7 heteroatoms. The van der Waals surface area contributed by atoms with E-state index in [4.69, 9.17) is 0 Å². The van der Waals surface area contributed by atoms with Gasteiger partial charge in [-0.15, -0.1) is 0 Å². The molecule has 0 saturated heterocycles. The highest BCUT2D eigenvalue weighted by molar-refractivity contribution is 6.06. The van der Waals surface area contributed by atoms with Gasteiger partial charge in [0.1, 0.15) is 5.82 Å². The van der Waals surface area contributed by atoms with Crippen LogP contribution in [-0.4, -0.2) is 57.0 Å². The second-order valence-electron chi connectivity index (χ2n) is 6.84. The lowest BCUT2D eigenvalue weighted by atomic mass is 10.1. The number of nitrogens with zero attached hydrogens (tertiary/aromatic N) is 2. The predicted molar refractivity (Wildman–Crippen MR) is 115 cm³/mol. The summed E-state index contributed by atoms with van der Waals surface area (Å²) in [5.74, 6) is -1.37. The number of amides is 2. The fourth-order valence-corrected chi connectivity index (χ4v) is 2.99. The van der Waals surface area contributed by atoms with Gasteiger partial charge in [-0.2, -0.15) is 0 Å². The Bertz CT molecular complexity index is 850. The molecule has 0 aromatic heterocycles. The van der Waals surface area contributed by atoms with Crippen molar-refractivity contribution in [2.75, 3.05) is 50.5 Å². The maximum absolute atomic E-state index is 13.8. The van der Waals surface area contributed by atoms with Crippen LogP contribution in [-0.2, 0) is 0 Å². The molecule has 0 aliphatic rings. The van der Waals surface area contributed by atoms with E-state index in [1.807, 2.05) is 19.0 Å². The first kappa shape index (κ1) is 22.4. The van der Waals surface area contributed by atoms with E-state index in [1.54, 1.807) is 24.3 Å². The van der Waals surface area contributed by atoms with Crippen LogP contribution in [0, 0.1) is 5.82 Å². The first-order valence-electron chi connectivity index (χ1n) is 9.75. The number of anilines is 2. The Hall–Kier alpha value is -2.93. The highest BCUT2D eigenvalue weighted by atomic mass is 19.1. The predicted octanol–water partition coefficient (Wildman–Crippen LogP) is 3.22. The van der Waals surface area contributed by atoms with E-state index in [0.717, 1.165) is 25.3 Å². The third-order valence-corrected chi connectivity index (χ3v) is 4.71. The van der Waals surface area contributed by atoms with Gasteiger partial charge < -0.3 is 20.4 Å². The summed E-state index contributed by atoms with van der Waals surface area (Å²) in [6.07, 6.45) is 0. The molecule has 156 valence electrons. The fraction of sp³-hybridized carbons (Fsp3) is 0.364. The van der Waals surface area contributed by atoms with Crippen LogP contribution in [0.1, 0.15) is 34.6 Å². The van der Waals surface area contributed by atoms with Crippen molar-refractivity contribution in [1.82, 2.24) is 10.2 Å². The second-order valence-corrected chi connectivity index (χ2v) is 6.84. The summed E-state index contributed by atoms with van der Waals surface area (Å²) in [5, 5.41) is 5.60. The second kappa shape index (κ2) is 10.6. The molecule has 0 atom stereocenters. The Morgan fingerprint density at radius 3 is 2.28 bits per heavy atom. The van der Waals surface area contributed by atoms with Gasteiger partial charge in [0.2, 0.25) is 0 Å². The van der Waals surface area contributed by atoms with E-state index in [0.29, 0.717) is 17.8 Å². The Morgan fingerprint density at radius 2 is 1.66 bits per heavy atom. The number of likely N-dealkylation sites (N-methyl/N-ethyl adjacent to an activating group) is 1. The summed E-state index contributed by atoms with van der Waals surface area (Å²) in [4.78, 5) is 29.2. The van der Waals surface area contributed by atoms with Crippen molar-refractivity contribution in [3.63, 3.8) is 0 Å². The van der Waals surface area contributed by atoms with E-state index >= 15 is 0 Å². The number of benzene rings is 2. The number of rotatable bonds is 9. The van der Waals surface area contributed by atoms with E-state index in [-0.39, 0.29) is 11.5 Å². The standard InChI is InChI=1S/C22H29FN4O2/c1-5-27(6-2)14-13-24-21(28)18-15-16(11-12-20(18)26(3)4)25-22(29)17-9-7-8-10-19(17)23/h7-12,15H,5-6,13-14H2,1-4H3,(H,24,28)(H,25,29). The number of carbonyl (C=O) groups excluding carboxylic acids is 2. The Balaban J connectivity index is 2.17. The number of halogens is 1. The summed E-state index contributed by atoms with van der Waals surface area (Å²) in [6.45, 7) is 7.30. The van der Waals surface area contributed by atoms with E-state index in [2.05, 4.69) is 29.4 Å². The first-order chi connectivity index (χ1) is 13.9. The summed E-state index contributed by atoms with van der Waals surface area (Å²) in [5.41, 5.74) is 1.56. The fourth-order valence-electron chi connectivity index (χ4n) is 2.99. The SMILES string of the molecule is CCN(CC)CCNC(=O)c1cc(NC(=O)c2ccccc2F)ccc1N(C)C. The van der Waals surface area contributed by atoms with Crippen LogP contribution in [0.4, 0.5) is 15.8 Å². The van der Waals surface area contributed by atoms with Crippen molar-refractivity contribution in [1.29, 1.82) is 0 Å². The molecule has 0 spiro atoms. The summed E-state index contributed by atoms with van der Waals surface area (Å²) < 4.78 is 13.8. The maximum atomic E-state index is 13.8. The Morgan fingerprint density at radius 1 is 0.966 bits per heavy atom. The van der Waals surface area contributed by atoms with E-state index < -0.39 is 11.7 Å². The van der Waals surface area contributed by atoms with Crippen LogP contribution in [0.15, 0.2) is 42.5 Å². The van der Waals surface area contributed by atoms with Gasteiger partial charge in [-0.05, 0) is 43.4 Å². The molecule has 2 amide bonds. The Kier molecular flexibility index (Phi) is 8.15. The first-order valence-corrected chi connectivity index (χ1v) is 9.75. The molecule has 2 rings (SSSR count). The average Bonchev–Trinajstić information content (AvgIpc) is 2.71. The van der Waals surface area contributed by atoms with Crippen LogP contribution in [0.2, 0.25) is 0 Å². The molecule has 0 aliphatic carbocycles. The monoisotopic (exact) mass is 400 g/mol. The number of carbonyl (C=O) groups is 2. The van der Waals surface area contributed by atoms with Crippen LogP contribution in [0.25, 0.3) is 0 Å². The van der Waals surface area contributed by atoms with Crippen molar-refractivity contribution < 1.29 is 14.0 Å². The molecule has 2 N–H and O–H groups in total. The molecule has 0 heterocycles. The van der Waals surface area contributed by atoms with Gasteiger partial charge in [-0.3, -0.25) is 9.59 Å². The molecule has 2 aromatic carbocycles. The molecule has 6 nitrogen and oxygen atoms in total. The minimum Gasteiger partial charge on any atom is -0.377 e. The molecular weight excluding hydrogens is 371 g/mol. The van der Waals surface area contributed by atoms with Crippen LogP contribution in [0.5, 0.6) is 0 Å². The van der Waals surface area contributed by atoms with Gasteiger partial charge in [0.15, 0.2) is 0 Å². The van der Waals surface area contributed by atoms with Crippen LogP contribution in [0.3, 0.4) is 0 Å². The lowest BCUT2D eigenvalue weighted by Crippen LogP contribution is -2.35. The topological polar surface area (TPSA) is 64.7 Å². The summed E-state index contributed by atoms with van der Waals surface area (Å²) in [6, 6.07) is 10.8. The molecule has 2 aromatic rings. The molecule has 0 bridgehead atoms. The molecule has 0 radical (unpaired) electrons. The normalized spacial score (nSPS) is 10.7. The molecule has 0 aliphatic heterocycles. The third-order valence-electron chi connectivity index (χ3n) is 4.71. The maximum Gasteiger partial charge on any atom is 0.258 e. The minimum absolute atomic E-state index is 0.0468. The quantitative estimate of drug-likeness (QED) is 0.678. The molecule has 29 heavy (non-hydrogen) atoms. The number of nitrogens with one attached hydrogen (secondary N) is 2. The Labute approximate surface area is 171 Å². The third kappa shape index (κ3) is 6.02. The molecule has 0 saturated carbocycles. The summed E-state index contributed by atoms with van der Waals surface area (Å²) >= 11 is 0. The number of hydrogen-bond acceptors (Lipinski definition) is 4. The van der Waals surface area contributed by atoms with Crippen molar-refractivity contribution in [2.24, 2.45) is 0 Å². The highest BCUT2D eigenvalue weighted by Crippen LogP contribution is 2.23. The minimum atomic E-state index is -0.593. The zero-order valence-corrected chi connectivity index (χ0v) is 17.5. The van der Waals surface area contributed by atoms with Gasteiger partial charge in [-0.25, -0.2) is 4.39 Å². The van der Waals surface area contributed by atoms with E-state index in [1.165, 1.54) is 18.2 Å². The number of hydrogen-bond donors (Lipinski definition) is 2. The van der Waals surface area contributed by atoms with Gasteiger partial charge in [0.05, 0.1) is 11.1 Å². The lowest BCUT2D eigenvalue weighted by molar-refractivity contribution is 0.0948. The zero-order chi connectivity index (χ0) is 21.4. The zero-order valence-electron chi connectivity index (χ0n) is 17.5. The van der Waals surface area contributed by atoms with Crippen molar-refractivity contribution in [3.05, 3.63) is 59.4 Å². The highest BCUT2D eigenvalue weighted by Gasteiger charge is 2.16. The van der Waals surface area contributed by atoms with Crippen molar-refractivity contribution in [2.45, 2.75) is 13.8 Å². The lowest BCUT2D eigenvalue weighted by Gasteiger charge is -2.20. The van der Waals surface area contributed by atoms with Gasteiger partial charge in [0.25, 0.3) is 11.8 Å². The largest absolute Gasteiger partial charge is 0.377 e. The van der Waals surface area contributed by atoms with Gasteiger partial charge in [0, 0.05) is 38.6 Å². The van der Waals surface area contributed by atoms with Crippen LogP contribution < -0.4 is 15.5 Å². The van der Waals surface area contributed by atoms with Gasteiger partial charge in [-0.1, -0.05) is 26.0 Å². The summed E-state index contributed by atoms with van der Waals surface area (Å²) in [7, 11) is 3.69. The van der Waals surface area contributed by atoms with Crippen LogP contribution >= 0.6 is 0 Å². The molecular formula is C22H29FN4O2. The van der Waals surface area contributed by atoms with Gasteiger partial charge >= 0.3 is 0 Å². The molecule has 0 fully saturated rings. The molecule has 0 unspecified atom stereocenters. The smallest absolute Gasteiger partial charge is 0.258 e. The van der Waals surface area contributed by atoms with Crippen molar-refractivity contribution >= 4 is 23.2 Å².